The summed E-state index contributed by atoms with van der Waals surface area (Å²) >= 11 is 0. The van der Waals surface area contributed by atoms with Crippen LogP contribution < -0.4 is 9.80 Å². The predicted molar refractivity (Wildman–Crippen MR) is 88.2 cm³/mol. The summed E-state index contributed by atoms with van der Waals surface area (Å²) in [6.45, 7) is 1.81. The summed E-state index contributed by atoms with van der Waals surface area (Å²) in [5.41, 5.74) is 1.08. The van der Waals surface area contributed by atoms with Gasteiger partial charge in [0.15, 0.2) is 5.82 Å². The molecule has 3 heterocycles. The molecule has 0 amide bonds. The number of alkyl halides is 3. The van der Waals surface area contributed by atoms with Gasteiger partial charge in [-0.15, -0.1) is 0 Å². The molecule has 0 bridgehead atoms. The Morgan fingerprint density at radius 1 is 1.00 bits per heavy atom. The Morgan fingerprint density at radius 3 is 2.42 bits per heavy atom. The summed E-state index contributed by atoms with van der Waals surface area (Å²) in [5.74, 6) is 0.784. The summed E-state index contributed by atoms with van der Waals surface area (Å²) in [6, 6.07) is 4.76. The first-order valence-electron chi connectivity index (χ1n) is 7.82. The van der Waals surface area contributed by atoms with E-state index in [-0.39, 0.29) is 0 Å². The van der Waals surface area contributed by atoms with Crippen LogP contribution in [0.2, 0.25) is 0 Å². The maximum atomic E-state index is 12.9. The normalized spacial score (nSPS) is 15.7. The van der Waals surface area contributed by atoms with E-state index in [2.05, 4.69) is 19.8 Å². The Balaban J connectivity index is 2.04. The molecule has 0 saturated carbocycles. The second-order valence-electron chi connectivity index (χ2n) is 6.05. The zero-order chi connectivity index (χ0) is 17.3. The SMILES string of the molecule is CN1CCCCN(C)c2nc(-c3cncc(C(F)(F)F)c3)ccc21. The monoisotopic (exact) mass is 336 g/mol. The molecule has 1 aliphatic rings. The predicted octanol–water partition coefficient (Wildman–Crippen LogP) is 3.83. The first-order chi connectivity index (χ1) is 11.4. The smallest absolute Gasteiger partial charge is 0.372 e. The number of hydrogen-bond acceptors (Lipinski definition) is 4. The molecule has 0 radical (unpaired) electrons. The van der Waals surface area contributed by atoms with Crippen molar-refractivity contribution in [1.82, 2.24) is 9.97 Å². The molecule has 0 atom stereocenters. The maximum absolute atomic E-state index is 12.9. The molecule has 3 rings (SSSR count). The Labute approximate surface area is 138 Å². The van der Waals surface area contributed by atoms with Crippen LogP contribution >= 0.6 is 0 Å². The molecule has 1 aliphatic heterocycles. The third-order valence-corrected chi connectivity index (χ3v) is 4.23. The Kier molecular flexibility index (Phi) is 4.34. The van der Waals surface area contributed by atoms with Crippen LogP contribution in [0.1, 0.15) is 18.4 Å². The molecule has 0 aromatic carbocycles. The standard InChI is InChI=1S/C17H19F3N4/c1-23-7-3-4-8-24(2)16-15(23)6-5-14(22-16)12-9-13(11-21-10-12)17(18,19)20/h5-6,9-11H,3-4,7-8H2,1-2H3. The molecule has 2 aromatic heterocycles. The van der Waals surface area contributed by atoms with E-state index in [4.69, 9.17) is 0 Å². The lowest BCUT2D eigenvalue weighted by atomic mass is 10.1. The van der Waals surface area contributed by atoms with Gasteiger partial charge in [-0.3, -0.25) is 4.98 Å². The fourth-order valence-electron chi connectivity index (χ4n) is 2.84. The molecular weight excluding hydrogens is 317 g/mol. The minimum Gasteiger partial charge on any atom is -0.372 e. The van der Waals surface area contributed by atoms with Crippen LogP contribution in [0.25, 0.3) is 11.3 Å². The molecule has 24 heavy (non-hydrogen) atoms. The number of nitrogens with zero attached hydrogens (tertiary/aromatic N) is 4. The second-order valence-corrected chi connectivity index (χ2v) is 6.05. The number of fused-ring (bicyclic) bond motifs is 1. The molecule has 2 aromatic rings. The highest BCUT2D eigenvalue weighted by Gasteiger charge is 2.31. The van der Waals surface area contributed by atoms with Gasteiger partial charge < -0.3 is 9.80 Å². The molecule has 7 heteroatoms. The van der Waals surface area contributed by atoms with Crippen molar-refractivity contribution in [3.63, 3.8) is 0 Å². The number of aromatic nitrogens is 2. The molecule has 0 N–H and O–H groups in total. The zero-order valence-electron chi connectivity index (χ0n) is 13.6. The van der Waals surface area contributed by atoms with E-state index in [0.29, 0.717) is 11.3 Å². The van der Waals surface area contributed by atoms with Crippen molar-refractivity contribution in [2.24, 2.45) is 0 Å². The van der Waals surface area contributed by atoms with E-state index < -0.39 is 11.7 Å². The first kappa shape index (κ1) is 16.5. The molecule has 0 unspecified atom stereocenters. The maximum Gasteiger partial charge on any atom is 0.417 e. The van der Waals surface area contributed by atoms with E-state index in [9.17, 15) is 13.2 Å². The van der Waals surface area contributed by atoms with Crippen molar-refractivity contribution in [1.29, 1.82) is 0 Å². The van der Waals surface area contributed by atoms with Crippen molar-refractivity contribution in [3.05, 3.63) is 36.2 Å². The van der Waals surface area contributed by atoms with Crippen LogP contribution in [-0.2, 0) is 6.18 Å². The summed E-state index contributed by atoms with van der Waals surface area (Å²) in [6.07, 6.45) is -0.0197. The highest BCUT2D eigenvalue weighted by molar-refractivity contribution is 5.72. The van der Waals surface area contributed by atoms with Crippen LogP contribution in [0, 0.1) is 0 Å². The van der Waals surface area contributed by atoms with Gasteiger partial charge in [0.1, 0.15) is 0 Å². The molecule has 0 saturated heterocycles. The largest absolute Gasteiger partial charge is 0.417 e. The third-order valence-electron chi connectivity index (χ3n) is 4.23. The molecule has 0 fully saturated rings. The molecule has 0 aliphatic carbocycles. The van der Waals surface area contributed by atoms with Crippen molar-refractivity contribution in [2.45, 2.75) is 19.0 Å². The number of rotatable bonds is 1. The lowest BCUT2D eigenvalue weighted by Crippen LogP contribution is -2.29. The fraction of sp³-hybridized carbons (Fsp3) is 0.412. The topological polar surface area (TPSA) is 32.3 Å². The average molecular weight is 336 g/mol. The van der Waals surface area contributed by atoms with E-state index in [0.717, 1.165) is 49.7 Å². The lowest BCUT2D eigenvalue weighted by Gasteiger charge is -2.30. The summed E-state index contributed by atoms with van der Waals surface area (Å²) < 4.78 is 38.7. The van der Waals surface area contributed by atoms with Crippen molar-refractivity contribution in [2.75, 3.05) is 37.0 Å². The van der Waals surface area contributed by atoms with Crippen LogP contribution in [0.3, 0.4) is 0 Å². The zero-order valence-corrected chi connectivity index (χ0v) is 13.6. The molecule has 4 nitrogen and oxygen atoms in total. The summed E-state index contributed by atoms with van der Waals surface area (Å²) in [5, 5.41) is 0. The van der Waals surface area contributed by atoms with Crippen molar-refractivity contribution < 1.29 is 13.2 Å². The third kappa shape index (κ3) is 3.29. The number of hydrogen-bond donors (Lipinski definition) is 0. The minimum atomic E-state index is -4.41. The van der Waals surface area contributed by atoms with Gasteiger partial charge in [-0.05, 0) is 31.0 Å². The summed E-state index contributed by atoms with van der Waals surface area (Å²) in [4.78, 5) is 12.5. The molecule has 0 spiro atoms. The summed E-state index contributed by atoms with van der Waals surface area (Å²) in [7, 11) is 3.96. The van der Waals surface area contributed by atoms with Gasteiger partial charge in [0.05, 0.1) is 16.9 Å². The van der Waals surface area contributed by atoms with Gasteiger partial charge in [0.25, 0.3) is 0 Å². The van der Waals surface area contributed by atoms with Crippen LogP contribution in [0.4, 0.5) is 24.7 Å². The highest BCUT2D eigenvalue weighted by Crippen LogP contribution is 2.34. The fourth-order valence-corrected chi connectivity index (χ4v) is 2.84. The number of anilines is 2. The number of halogens is 3. The van der Waals surface area contributed by atoms with Crippen LogP contribution in [0.5, 0.6) is 0 Å². The van der Waals surface area contributed by atoms with Crippen molar-refractivity contribution in [3.8, 4) is 11.3 Å². The Bertz CT molecular complexity index is 730. The highest BCUT2D eigenvalue weighted by atomic mass is 19.4. The van der Waals surface area contributed by atoms with Gasteiger partial charge in [-0.2, -0.15) is 13.2 Å². The van der Waals surface area contributed by atoms with Crippen molar-refractivity contribution >= 4 is 11.5 Å². The van der Waals surface area contributed by atoms with Gasteiger partial charge in [-0.25, -0.2) is 4.98 Å². The Morgan fingerprint density at radius 2 is 1.71 bits per heavy atom. The van der Waals surface area contributed by atoms with Gasteiger partial charge in [0, 0.05) is 45.1 Å². The molecular formula is C17H19F3N4. The van der Waals surface area contributed by atoms with E-state index in [1.54, 1.807) is 6.07 Å². The first-order valence-corrected chi connectivity index (χ1v) is 7.82. The quantitative estimate of drug-likeness (QED) is 0.792. The molecule has 128 valence electrons. The van der Waals surface area contributed by atoms with E-state index in [1.807, 2.05) is 20.2 Å². The van der Waals surface area contributed by atoms with Gasteiger partial charge in [0.2, 0.25) is 0 Å². The lowest BCUT2D eigenvalue weighted by molar-refractivity contribution is -0.137. The van der Waals surface area contributed by atoms with E-state index >= 15 is 0 Å². The number of pyridine rings is 2. The minimum absolute atomic E-state index is 0.366. The van der Waals surface area contributed by atoms with Crippen LogP contribution in [0.15, 0.2) is 30.6 Å². The van der Waals surface area contributed by atoms with Gasteiger partial charge >= 0.3 is 6.18 Å². The van der Waals surface area contributed by atoms with E-state index in [1.165, 1.54) is 6.20 Å². The Hall–Kier alpha value is -2.31. The second kappa shape index (κ2) is 6.30. The average Bonchev–Trinajstić information content (AvgIpc) is 2.56. The van der Waals surface area contributed by atoms with Gasteiger partial charge in [-0.1, -0.05) is 0 Å². The van der Waals surface area contributed by atoms with Crippen LogP contribution in [-0.4, -0.2) is 37.2 Å².